The van der Waals surface area contributed by atoms with Gasteiger partial charge in [-0.1, -0.05) is 11.6 Å². The second-order valence-corrected chi connectivity index (χ2v) is 3.71. The first-order chi connectivity index (χ1) is 7.72. The molecular weight excluding hydrogens is 224 g/mol. The Hall–Kier alpha value is -1.87. The summed E-state index contributed by atoms with van der Waals surface area (Å²) in [6, 6.07) is 8.49. The second kappa shape index (κ2) is 4.33. The molecule has 16 heavy (non-hydrogen) atoms. The molecule has 0 saturated heterocycles. The number of anilines is 1. The lowest BCUT2D eigenvalue weighted by Crippen LogP contribution is -1.93. The molecule has 0 amide bonds. The molecule has 0 aliphatic heterocycles. The first-order valence-corrected chi connectivity index (χ1v) is 5.06. The summed E-state index contributed by atoms with van der Waals surface area (Å²) < 4.78 is 0. The van der Waals surface area contributed by atoms with Gasteiger partial charge in [-0.05, 0) is 30.3 Å². The van der Waals surface area contributed by atoms with Crippen LogP contribution >= 0.6 is 11.6 Å². The number of aromatic nitrogens is 1. The van der Waals surface area contributed by atoms with Gasteiger partial charge in [0.25, 0.3) is 0 Å². The molecule has 0 unspecified atom stereocenters. The van der Waals surface area contributed by atoms with Gasteiger partial charge in [0.15, 0.2) is 6.29 Å². The molecule has 3 nitrogen and oxygen atoms in total. The number of pyridine rings is 1. The fraction of sp³-hybridized carbons (Fsp3) is 0. The third-order valence-electron chi connectivity index (χ3n) is 2.21. The van der Waals surface area contributed by atoms with Gasteiger partial charge in [-0.25, -0.2) is 0 Å². The Morgan fingerprint density at radius 3 is 2.88 bits per heavy atom. The summed E-state index contributed by atoms with van der Waals surface area (Å²) in [5, 5.41) is 0.524. The van der Waals surface area contributed by atoms with Gasteiger partial charge in [0.1, 0.15) is 0 Å². The number of nitrogen functional groups attached to an aromatic ring is 1. The maximum atomic E-state index is 10.9. The van der Waals surface area contributed by atoms with Crippen molar-refractivity contribution < 1.29 is 4.79 Å². The van der Waals surface area contributed by atoms with E-state index in [0.717, 1.165) is 6.29 Å². The minimum absolute atomic E-state index is 0.495. The number of hydrogen-bond acceptors (Lipinski definition) is 3. The molecule has 2 N–H and O–H groups in total. The van der Waals surface area contributed by atoms with E-state index in [1.54, 1.807) is 36.5 Å². The number of benzene rings is 1. The van der Waals surface area contributed by atoms with E-state index in [0.29, 0.717) is 27.5 Å². The first-order valence-electron chi connectivity index (χ1n) is 4.68. The SMILES string of the molecule is Nc1ccc(Cl)c(-c2ncccc2C=O)c1. The molecule has 0 spiro atoms. The molecule has 2 aromatic rings. The van der Waals surface area contributed by atoms with Crippen molar-refractivity contribution in [3.05, 3.63) is 47.1 Å². The lowest BCUT2D eigenvalue weighted by molar-refractivity contribution is 0.112. The fourth-order valence-corrected chi connectivity index (χ4v) is 1.67. The molecular formula is C12H9ClN2O. The summed E-state index contributed by atoms with van der Waals surface area (Å²) in [6.45, 7) is 0. The van der Waals surface area contributed by atoms with Crippen molar-refractivity contribution in [2.45, 2.75) is 0 Å². The van der Waals surface area contributed by atoms with E-state index in [1.807, 2.05) is 0 Å². The quantitative estimate of drug-likeness (QED) is 0.640. The van der Waals surface area contributed by atoms with E-state index in [2.05, 4.69) is 4.98 Å². The van der Waals surface area contributed by atoms with E-state index in [1.165, 1.54) is 0 Å². The van der Waals surface area contributed by atoms with Crippen LogP contribution in [0.5, 0.6) is 0 Å². The van der Waals surface area contributed by atoms with Gasteiger partial charge in [-0.3, -0.25) is 9.78 Å². The standard InChI is InChI=1S/C12H9ClN2O/c13-11-4-3-9(14)6-10(11)12-8(7-16)2-1-5-15-12/h1-7H,14H2. The molecule has 2 rings (SSSR count). The number of nitrogens with zero attached hydrogens (tertiary/aromatic N) is 1. The number of rotatable bonds is 2. The summed E-state index contributed by atoms with van der Waals surface area (Å²) >= 11 is 6.05. The Bertz CT molecular complexity index is 540. The van der Waals surface area contributed by atoms with Crippen LogP contribution in [-0.4, -0.2) is 11.3 Å². The summed E-state index contributed by atoms with van der Waals surface area (Å²) in [4.78, 5) is 15.0. The van der Waals surface area contributed by atoms with Gasteiger partial charge in [0, 0.05) is 23.0 Å². The van der Waals surface area contributed by atoms with Crippen molar-refractivity contribution in [2.24, 2.45) is 0 Å². The van der Waals surface area contributed by atoms with Crippen molar-refractivity contribution in [1.82, 2.24) is 4.98 Å². The topological polar surface area (TPSA) is 56.0 Å². The van der Waals surface area contributed by atoms with Crippen molar-refractivity contribution in [1.29, 1.82) is 0 Å². The van der Waals surface area contributed by atoms with Crippen LogP contribution < -0.4 is 5.73 Å². The van der Waals surface area contributed by atoms with Gasteiger partial charge >= 0.3 is 0 Å². The summed E-state index contributed by atoms with van der Waals surface area (Å²) in [7, 11) is 0. The molecule has 0 fully saturated rings. The number of carbonyl (C=O) groups is 1. The average Bonchev–Trinajstić information content (AvgIpc) is 2.32. The number of carbonyl (C=O) groups excluding carboxylic acids is 1. The zero-order valence-electron chi connectivity index (χ0n) is 8.35. The second-order valence-electron chi connectivity index (χ2n) is 3.30. The molecule has 80 valence electrons. The van der Waals surface area contributed by atoms with Crippen LogP contribution in [0.3, 0.4) is 0 Å². The molecule has 1 aromatic carbocycles. The average molecular weight is 233 g/mol. The zero-order valence-corrected chi connectivity index (χ0v) is 9.11. The Labute approximate surface area is 97.9 Å². The van der Waals surface area contributed by atoms with Crippen molar-refractivity contribution >= 4 is 23.6 Å². The first kappa shape index (κ1) is 10.6. The Balaban J connectivity index is 2.66. The minimum atomic E-state index is 0.495. The minimum Gasteiger partial charge on any atom is -0.399 e. The van der Waals surface area contributed by atoms with E-state index in [9.17, 15) is 4.79 Å². The van der Waals surface area contributed by atoms with Crippen LogP contribution in [0.2, 0.25) is 5.02 Å². The highest BCUT2D eigenvalue weighted by atomic mass is 35.5. The number of halogens is 1. The lowest BCUT2D eigenvalue weighted by Gasteiger charge is -2.06. The maximum Gasteiger partial charge on any atom is 0.152 e. The maximum absolute atomic E-state index is 10.9. The van der Waals surface area contributed by atoms with Crippen LogP contribution in [-0.2, 0) is 0 Å². The van der Waals surface area contributed by atoms with Crippen LogP contribution in [0.4, 0.5) is 5.69 Å². The van der Waals surface area contributed by atoms with Crippen LogP contribution in [0.25, 0.3) is 11.3 Å². The summed E-state index contributed by atoms with van der Waals surface area (Å²) in [5.41, 5.74) is 7.98. The van der Waals surface area contributed by atoms with Gasteiger partial charge in [0.2, 0.25) is 0 Å². The molecule has 0 bridgehead atoms. The van der Waals surface area contributed by atoms with Crippen molar-refractivity contribution in [3.63, 3.8) is 0 Å². The van der Waals surface area contributed by atoms with Crippen molar-refractivity contribution in [2.75, 3.05) is 5.73 Å². The highest BCUT2D eigenvalue weighted by Gasteiger charge is 2.09. The fourth-order valence-electron chi connectivity index (χ4n) is 1.46. The molecule has 0 radical (unpaired) electrons. The van der Waals surface area contributed by atoms with Crippen LogP contribution in [0.1, 0.15) is 10.4 Å². The molecule has 0 aliphatic carbocycles. The molecule has 4 heteroatoms. The third kappa shape index (κ3) is 1.90. The van der Waals surface area contributed by atoms with E-state index >= 15 is 0 Å². The predicted octanol–water partition coefficient (Wildman–Crippen LogP) is 2.80. The number of hydrogen-bond donors (Lipinski definition) is 1. The number of aldehydes is 1. The Morgan fingerprint density at radius 2 is 2.12 bits per heavy atom. The van der Waals surface area contributed by atoms with E-state index < -0.39 is 0 Å². The largest absolute Gasteiger partial charge is 0.399 e. The Kier molecular flexibility index (Phi) is 2.88. The molecule has 0 saturated carbocycles. The van der Waals surface area contributed by atoms with Crippen molar-refractivity contribution in [3.8, 4) is 11.3 Å². The van der Waals surface area contributed by atoms with Gasteiger partial charge in [-0.2, -0.15) is 0 Å². The van der Waals surface area contributed by atoms with Crippen LogP contribution in [0.15, 0.2) is 36.5 Å². The highest BCUT2D eigenvalue weighted by molar-refractivity contribution is 6.33. The van der Waals surface area contributed by atoms with Crippen LogP contribution in [0, 0.1) is 0 Å². The van der Waals surface area contributed by atoms with Gasteiger partial charge in [-0.15, -0.1) is 0 Å². The summed E-state index contributed by atoms with van der Waals surface area (Å²) in [5.74, 6) is 0. The molecule has 0 atom stereocenters. The monoisotopic (exact) mass is 232 g/mol. The third-order valence-corrected chi connectivity index (χ3v) is 2.54. The highest BCUT2D eigenvalue weighted by Crippen LogP contribution is 2.29. The molecule has 1 heterocycles. The Morgan fingerprint density at radius 1 is 1.31 bits per heavy atom. The van der Waals surface area contributed by atoms with E-state index in [-0.39, 0.29) is 0 Å². The van der Waals surface area contributed by atoms with Gasteiger partial charge in [0.05, 0.1) is 10.7 Å². The molecule has 1 aromatic heterocycles. The zero-order chi connectivity index (χ0) is 11.5. The van der Waals surface area contributed by atoms with E-state index in [4.69, 9.17) is 17.3 Å². The summed E-state index contributed by atoms with van der Waals surface area (Å²) in [6.07, 6.45) is 2.36. The normalized spacial score (nSPS) is 10.1. The lowest BCUT2D eigenvalue weighted by atomic mass is 10.1. The smallest absolute Gasteiger partial charge is 0.152 e. The number of nitrogens with two attached hydrogens (primary N) is 1. The predicted molar refractivity (Wildman–Crippen MR) is 64.5 cm³/mol. The molecule has 0 aliphatic rings. The van der Waals surface area contributed by atoms with Gasteiger partial charge < -0.3 is 5.73 Å².